The first-order valence-corrected chi connectivity index (χ1v) is 36.3. The van der Waals surface area contributed by atoms with Gasteiger partial charge in [0.05, 0.1) is 44.5 Å². The van der Waals surface area contributed by atoms with Crippen LogP contribution >= 0.6 is 0 Å². The monoisotopic (exact) mass is 1220 g/mol. The number of anilines is 6. The van der Waals surface area contributed by atoms with E-state index in [4.69, 9.17) is 0 Å². The van der Waals surface area contributed by atoms with Crippen molar-refractivity contribution in [2.75, 3.05) is 9.80 Å². The molecule has 4 aliphatic carbocycles. The second-order valence-corrected chi connectivity index (χ2v) is 28.9. The minimum absolute atomic E-state index is 0.645. The number of nitrogens with one attached hydrogen (secondary N) is 1. The van der Waals surface area contributed by atoms with Crippen LogP contribution in [0.5, 0.6) is 0 Å². The van der Waals surface area contributed by atoms with E-state index in [2.05, 4.69) is 245 Å². The van der Waals surface area contributed by atoms with E-state index in [1.807, 2.05) is 0 Å². The lowest BCUT2D eigenvalue weighted by Gasteiger charge is -2.28. The fourth-order valence-corrected chi connectivity index (χ4v) is 19.1. The summed E-state index contributed by atoms with van der Waals surface area (Å²) in [5, 5.41) is 5.18. The normalized spacial score (nSPS) is 17.7. The number of benzene rings is 11. The maximum Gasteiger partial charge on any atom is 0.158 e. The van der Waals surface area contributed by atoms with Crippen molar-refractivity contribution in [3.63, 3.8) is 0 Å². The number of aromatic nitrogens is 1. The van der Waals surface area contributed by atoms with Crippen molar-refractivity contribution in [3.8, 4) is 44.5 Å². The highest BCUT2D eigenvalue weighted by molar-refractivity contribution is 6.32. The van der Waals surface area contributed by atoms with E-state index in [0.717, 1.165) is 0 Å². The smallest absolute Gasteiger partial charge is 0.158 e. The summed E-state index contributed by atoms with van der Waals surface area (Å²) in [4.78, 5) is 6.45. The Kier molecular flexibility index (Phi) is 14.0. The first-order chi connectivity index (χ1) is 46.7. The highest BCUT2D eigenvalue weighted by Gasteiger charge is 2.48. The van der Waals surface area contributed by atoms with Crippen LogP contribution in [0.25, 0.3) is 82.6 Å². The van der Waals surface area contributed by atoms with Crippen LogP contribution < -0.4 is 14.7 Å². The van der Waals surface area contributed by atoms with E-state index in [1.165, 1.54) is 289 Å². The molecule has 4 heteroatoms. The molecule has 4 saturated carbocycles. The van der Waals surface area contributed by atoms with Crippen LogP contribution in [0.15, 0.2) is 231 Å². The highest BCUT2D eigenvalue weighted by Crippen LogP contribution is 2.60. The molecule has 462 valence electrons. The zero-order valence-corrected chi connectivity index (χ0v) is 54.2. The minimum atomic E-state index is 0.645. The van der Waals surface area contributed by atoms with Gasteiger partial charge in [0, 0.05) is 67.2 Å². The molecule has 2 aromatic heterocycles. The fourth-order valence-electron chi connectivity index (χ4n) is 19.1. The van der Waals surface area contributed by atoms with Crippen LogP contribution in [-0.2, 0) is 0 Å². The summed E-state index contributed by atoms with van der Waals surface area (Å²) >= 11 is 0. The Labute approximate surface area is 554 Å². The molecule has 11 aromatic carbocycles. The van der Waals surface area contributed by atoms with E-state index < -0.39 is 0 Å². The summed E-state index contributed by atoms with van der Waals surface area (Å²) < 4.78 is 2.71. The van der Waals surface area contributed by atoms with Crippen molar-refractivity contribution in [2.24, 2.45) is 0 Å². The second kappa shape index (κ2) is 23.4. The SMILES string of the molecule is c1ccc(-c2c3c(c(-c4ccccc4)c4c2c2cccc5c6ccc(N(c7ccc(C8CCCCC8)cc7)c7ccc(C8CCCCC8)cc7)cc6n4c52)-c2cccc4c2[NH+]3c2cc(N(c3ccc(C5CCCCC5)cc3)c3ccc(C5CCCCC5)cc3)ccc2-4)cc1. The molecule has 0 radical (unpaired) electrons. The molecule has 0 amide bonds. The van der Waals surface area contributed by atoms with Gasteiger partial charge in [-0.3, -0.25) is 0 Å². The number of nitrogens with zero attached hydrogens (tertiary/aromatic N) is 3. The van der Waals surface area contributed by atoms with Crippen LogP contribution in [0.3, 0.4) is 0 Å². The lowest BCUT2D eigenvalue weighted by molar-refractivity contribution is -0.672. The molecule has 1 N–H and O–H groups in total. The summed E-state index contributed by atoms with van der Waals surface area (Å²) in [5.74, 6) is 2.58. The number of rotatable bonds is 12. The maximum absolute atomic E-state index is 2.71. The van der Waals surface area contributed by atoms with Gasteiger partial charge in [0.2, 0.25) is 0 Å². The molecule has 6 aliphatic rings. The summed E-state index contributed by atoms with van der Waals surface area (Å²) in [6.07, 6.45) is 26.5. The molecular weight excluding hydrogens is 1140 g/mol. The van der Waals surface area contributed by atoms with Crippen LogP contribution in [0, 0.1) is 0 Å². The lowest BCUT2D eigenvalue weighted by atomic mass is 9.84. The third-order valence-corrected chi connectivity index (χ3v) is 23.7. The van der Waals surface area contributed by atoms with Gasteiger partial charge in [-0.05, 0) is 193 Å². The average Bonchev–Trinajstić information content (AvgIpc) is 1.49. The molecule has 4 nitrogen and oxygen atoms in total. The van der Waals surface area contributed by atoms with Crippen molar-refractivity contribution >= 4 is 89.3 Å². The minimum Gasteiger partial charge on any atom is -0.310 e. The predicted octanol–water partition coefficient (Wildman–Crippen LogP) is 25.4. The zero-order chi connectivity index (χ0) is 61.8. The second-order valence-electron chi connectivity index (χ2n) is 28.9. The lowest BCUT2D eigenvalue weighted by Crippen LogP contribution is -2.94. The van der Waals surface area contributed by atoms with Gasteiger partial charge in [0.25, 0.3) is 0 Å². The van der Waals surface area contributed by atoms with Gasteiger partial charge in [-0.2, -0.15) is 0 Å². The first-order valence-electron chi connectivity index (χ1n) is 36.3. The molecule has 13 aromatic rings. The van der Waals surface area contributed by atoms with Gasteiger partial charge in [-0.1, -0.05) is 217 Å². The standard InChI is InChI=1S/C90H82N4/c1-7-21-59(22-8-1)63-37-45-69(46-38-63)91(70-47-39-64(40-48-70)60-23-9-2-10-24-60)73-53-55-75-77-33-19-35-79-85-84(68-31-17-6-18-32-68)90-86(83(67-29-15-5-16-30-67)89(85)93(87(77)79)81(75)57-73)80-36-20-34-78-76-56-54-74(58-82(76)94(90)88(78)80)92(71-49-41-65(42-50-71)61-25-11-3-12-26-61)72-51-43-66(44-52-72)62-27-13-4-14-28-62/h5-6,15-20,29-62H,1-4,7-14,21-28H2/p+1. The molecule has 19 rings (SSSR count). The number of fused-ring (bicyclic) bond motifs is 12. The quantitative estimate of drug-likeness (QED) is 0.131. The molecule has 4 heterocycles. The Morgan fingerprint density at radius 3 is 1.19 bits per heavy atom. The van der Waals surface area contributed by atoms with E-state index >= 15 is 0 Å². The molecule has 94 heavy (non-hydrogen) atoms. The van der Waals surface area contributed by atoms with Crippen molar-refractivity contribution < 1.29 is 4.90 Å². The van der Waals surface area contributed by atoms with Gasteiger partial charge in [-0.25, -0.2) is 4.90 Å². The van der Waals surface area contributed by atoms with E-state index in [0.29, 0.717) is 23.7 Å². The summed E-state index contributed by atoms with van der Waals surface area (Å²) in [6.45, 7) is 0. The molecule has 1 atom stereocenters. The Morgan fingerprint density at radius 2 is 0.702 bits per heavy atom. The molecule has 4 fully saturated rings. The van der Waals surface area contributed by atoms with Gasteiger partial charge in [0.15, 0.2) is 17.1 Å². The van der Waals surface area contributed by atoms with Crippen LogP contribution in [-0.4, -0.2) is 4.40 Å². The van der Waals surface area contributed by atoms with Crippen molar-refractivity contribution in [3.05, 3.63) is 253 Å². The fraction of sp³-hybridized carbons (Fsp3) is 0.267. The molecule has 0 bridgehead atoms. The van der Waals surface area contributed by atoms with E-state index in [9.17, 15) is 0 Å². The van der Waals surface area contributed by atoms with Crippen LogP contribution in [0.4, 0.5) is 51.2 Å². The summed E-state index contributed by atoms with van der Waals surface area (Å²) in [5.41, 5.74) is 31.3. The number of hydrogen-bond acceptors (Lipinski definition) is 2. The summed E-state index contributed by atoms with van der Waals surface area (Å²) in [7, 11) is 0. The number of hydrogen-bond donors (Lipinski definition) is 1. The van der Waals surface area contributed by atoms with Gasteiger partial charge >= 0.3 is 0 Å². The first kappa shape index (κ1) is 56.3. The van der Waals surface area contributed by atoms with Gasteiger partial charge in [0.1, 0.15) is 0 Å². The number of para-hydroxylation sites is 2. The largest absolute Gasteiger partial charge is 0.310 e. The maximum atomic E-state index is 2.71. The topological polar surface area (TPSA) is 15.3 Å². The zero-order valence-electron chi connectivity index (χ0n) is 54.2. The van der Waals surface area contributed by atoms with Crippen molar-refractivity contribution in [2.45, 2.75) is 152 Å². The Morgan fingerprint density at radius 1 is 0.287 bits per heavy atom. The molecular formula is C90H83N4+. The van der Waals surface area contributed by atoms with E-state index in [-0.39, 0.29) is 0 Å². The molecule has 0 spiro atoms. The average molecular weight is 1220 g/mol. The third-order valence-electron chi connectivity index (χ3n) is 23.7. The molecule has 1 unspecified atom stereocenters. The number of quaternary nitrogens is 1. The predicted molar refractivity (Wildman–Crippen MR) is 395 cm³/mol. The molecule has 2 aliphatic heterocycles. The Balaban J connectivity index is 0.831. The van der Waals surface area contributed by atoms with Crippen molar-refractivity contribution in [1.29, 1.82) is 0 Å². The van der Waals surface area contributed by atoms with Crippen molar-refractivity contribution in [1.82, 2.24) is 4.40 Å². The van der Waals surface area contributed by atoms with Crippen LogP contribution in [0.2, 0.25) is 0 Å². The Bertz CT molecular complexity index is 4840. The molecule has 0 saturated heterocycles. The van der Waals surface area contributed by atoms with Crippen LogP contribution in [0.1, 0.15) is 174 Å². The van der Waals surface area contributed by atoms with Gasteiger partial charge in [-0.15, -0.1) is 0 Å². The Hall–Kier alpha value is -9.22. The van der Waals surface area contributed by atoms with E-state index in [1.54, 1.807) is 0 Å². The summed E-state index contributed by atoms with van der Waals surface area (Å²) in [6, 6.07) is 91.0. The highest BCUT2D eigenvalue weighted by atomic mass is 15.2. The third kappa shape index (κ3) is 9.24. The van der Waals surface area contributed by atoms with Gasteiger partial charge < -0.3 is 14.2 Å².